The highest BCUT2D eigenvalue weighted by Gasteiger charge is 2.54. The molecule has 9 nitrogen and oxygen atoms in total. The minimum absolute atomic E-state index is 0.166. The van der Waals surface area contributed by atoms with Gasteiger partial charge in [-0.15, -0.1) is 0 Å². The van der Waals surface area contributed by atoms with Gasteiger partial charge in [-0.25, -0.2) is 14.5 Å². The highest BCUT2D eigenvalue weighted by atomic mass is 16.7. The fraction of sp³-hybridized carbons (Fsp3) is 0.545. The van der Waals surface area contributed by atoms with E-state index in [0.29, 0.717) is 0 Å². The Morgan fingerprint density at radius 2 is 2.25 bits per heavy atom. The van der Waals surface area contributed by atoms with Crippen molar-refractivity contribution in [3.8, 4) is 0 Å². The van der Waals surface area contributed by atoms with E-state index < -0.39 is 30.5 Å². The van der Waals surface area contributed by atoms with E-state index in [1.165, 1.54) is 17.0 Å². The molecule has 0 bridgehead atoms. The first-order valence-corrected chi connectivity index (χ1v) is 6.13. The number of aromatic nitrogens is 4. The van der Waals surface area contributed by atoms with E-state index in [1.807, 2.05) is 0 Å². The molecule has 20 heavy (non-hydrogen) atoms. The first-order valence-electron chi connectivity index (χ1n) is 6.13. The maximum atomic E-state index is 10.7. The number of rotatable bonds is 2. The van der Waals surface area contributed by atoms with Gasteiger partial charge >= 0.3 is 0 Å². The van der Waals surface area contributed by atoms with Gasteiger partial charge in [-0.1, -0.05) is 6.92 Å². The lowest BCUT2D eigenvalue weighted by molar-refractivity contribution is -0.226. The van der Waals surface area contributed by atoms with Crippen LogP contribution in [0, 0.1) is 5.92 Å². The fourth-order valence-electron chi connectivity index (χ4n) is 2.48. The zero-order valence-electron chi connectivity index (χ0n) is 10.7. The lowest BCUT2D eigenvalue weighted by atomic mass is 9.93. The van der Waals surface area contributed by atoms with Gasteiger partial charge < -0.3 is 25.8 Å². The SMILES string of the molecule is C[C@H]1[C@H](O)[C@@H](CO)OC1(O)c1cnc2c(N)ncnn12. The molecule has 0 spiro atoms. The van der Waals surface area contributed by atoms with Gasteiger partial charge in [0.15, 0.2) is 11.5 Å². The molecule has 0 aromatic carbocycles. The second kappa shape index (κ2) is 4.35. The highest BCUT2D eigenvalue weighted by Crippen LogP contribution is 2.41. The molecule has 2 aromatic heterocycles. The van der Waals surface area contributed by atoms with Crippen LogP contribution in [0.2, 0.25) is 0 Å². The van der Waals surface area contributed by atoms with E-state index in [0.717, 1.165) is 0 Å². The van der Waals surface area contributed by atoms with E-state index in [4.69, 9.17) is 10.5 Å². The van der Waals surface area contributed by atoms with Gasteiger partial charge in [-0.3, -0.25) is 0 Å². The van der Waals surface area contributed by atoms with Crippen molar-refractivity contribution in [2.75, 3.05) is 12.3 Å². The molecule has 3 rings (SSSR count). The summed E-state index contributed by atoms with van der Waals surface area (Å²) < 4.78 is 6.72. The van der Waals surface area contributed by atoms with E-state index in [1.54, 1.807) is 6.92 Å². The van der Waals surface area contributed by atoms with E-state index in [9.17, 15) is 15.3 Å². The number of nitrogens with zero attached hydrogens (tertiary/aromatic N) is 4. The number of aliphatic hydroxyl groups is 3. The number of nitrogens with two attached hydrogens (primary N) is 1. The summed E-state index contributed by atoms with van der Waals surface area (Å²) in [6.45, 7) is 1.21. The first-order chi connectivity index (χ1) is 9.49. The number of fused-ring (bicyclic) bond motifs is 1. The van der Waals surface area contributed by atoms with Crippen LogP contribution in [-0.4, -0.2) is 53.7 Å². The molecule has 1 fully saturated rings. The molecule has 1 aliphatic rings. The lowest BCUT2D eigenvalue weighted by Crippen LogP contribution is -2.35. The summed E-state index contributed by atoms with van der Waals surface area (Å²) in [5.41, 5.74) is 6.19. The number of imidazole rings is 1. The topological polar surface area (TPSA) is 139 Å². The summed E-state index contributed by atoms with van der Waals surface area (Å²) in [5.74, 6) is -2.32. The third-order valence-corrected chi connectivity index (χ3v) is 3.72. The van der Waals surface area contributed by atoms with Crippen molar-refractivity contribution < 1.29 is 20.1 Å². The molecular weight excluding hydrogens is 266 g/mol. The van der Waals surface area contributed by atoms with E-state index >= 15 is 0 Å². The van der Waals surface area contributed by atoms with Crippen molar-refractivity contribution in [3.63, 3.8) is 0 Å². The maximum Gasteiger partial charge on any atom is 0.217 e. The van der Waals surface area contributed by atoms with Gasteiger partial charge in [0.1, 0.15) is 18.1 Å². The van der Waals surface area contributed by atoms with E-state index in [-0.39, 0.29) is 17.2 Å². The molecule has 1 unspecified atom stereocenters. The summed E-state index contributed by atoms with van der Waals surface area (Å²) in [7, 11) is 0. The fourth-order valence-corrected chi connectivity index (χ4v) is 2.48. The number of nitrogen functional groups attached to an aromatic ring is 1. The molecule has 3 heterocycles. The smallest absolute Gasteiger partial charge is 0.217 e. The Labute approximate surface area is 113 Å². The van der Waals surface area contributed by atoms with Crippen LogP contribution in [0.15, 0.2) is 12.5 Å². The van der Waals surface area contributed by atoms with Crippen LogP contribution in [0.1, 0.15) is 12.6 Å². The van der Waals surface area contributed by atoms with Crippen LogP contribution in [0.4, 0.5) is 5.82 Å². The average molecular weight is 281 g/mol. The number of hydrogen-bond donors (Lipinski definition) is 4. The molecule has 5 N–H and O–H groups in total. The zero-order chi connectivity index (χ0) is 14.5. The van der Waals surface area contributed by atoms with Crippen molar-refractivity contribution in [1.29, 1.82) is 0 Å². The average Bonchev–Trinajstić information content (AvgIpc) is 2.96. The first kappa shape index (κ1) is 13.2. The quantitative estimate of drug-likeness (QED) is 0.507. The predicted octanol–water partition coefficient (Wildman–Crippen LogP) is -1.76. The van der Waals surface area contributed by atoms with Gasteiger partial charge in [0.05, 0.1) is 18.9 Å². The molecule has 0 radical (unpaired) electrons. The van der Waals surface area contributed by atoms with Crippen molar-refractivity contribution in [3.05, 3.63) is 18.2 Å². The van der Waals surface area contributed by atoms with E-state index in [2.05, 4.69) is 15.1 Å². The summed E-state index contributed by atoms with van der Waals surface area (Å²) in [6, 6.07) is 0. The third-order valence-electron chi connectivity index (χ3n) is 3.72. The second-order valence-electron chi connectivity index (χ2n) is 4.84. The summed E-state index contributed by atoms with van der Waals surface area (Å²) in [6.07, 6.45) is 0.717. The monoisotopic (exact) mass is 281 g/mol. The lowest BCUT2D eigenvalue weighted by Gasteiger charge is -2.25. The van der Waals surface area contributed by atoms with Crippen LogP contribution in [0.5, 0.6) is 0 Å². The Balaban J connectivity index is 2.13. The largest absolute Gasteiger partial charge is 0.394 e. The maximum absolute atomic E-state index is 10.7. The third kappa shape index (κ3) is 1.61. The van der Waals surface area contributed by atoms with Gasteiger partial charge in [-0.2, -0.15) is 5.10 Å². The summed E-state index contributed by atoms with van der Waals surface area (Å²) >= 11 is 0. The Kier molecular flexibility index (Phi) is 2.87. The zero-order valence-corrected chi connectivity index (χ0v) is 10.7. The second-order valence-corrected chi connectivity index (χ2v) is 4.84. The van der Waals surface area contributed by atoms with Crippen molar-refractivity contribution >= 4 is 11.5 Å². The molecule has 1 saturated heterocycles. The molecule has 108 valence electrons. The summed E-state index contributed by atoms with van der Waals surface area (Å²) in [4.78, 5) is 7.85. The number of anilines is 1. The van der Waals surface area contributed by atoms with Crippen LogP contribution in [0.3, 0.4) is 0 Å². The number of hydrogen-bond acceptors (Lipinski definition) is 8. The Hall–Kier alpha value is -1.81. The Morgan fingerprint density at radius 1 is 1.50 bits per heavy atom. The Bertz CT molecular complexity index is 647. The normalized spacial score (nSPS) is 33.9. The molecule has 1 aliphatic heterocycles. The molecule has 4 atom stereocenters. The minimum Gasteiger partial charge on any atom is -0.394 e. The van der Waals surface area contributed by atoms with Crippen molar-refractivity contribution in [1.82, 2.24) is 19.6 Å². The van der Waals surface area contributed by atoms with Crippen LogP contribution < -0.4 is 5.73 Å². The van der Waals surface area contributed by atoms with Crippen molar-refractivity contribution in [2.24, 2.45) is 5.92 Å². The van der Waals surface area contributed by atoms with Crippen LogP contribution >= 0.6 is 0 Å². The van der Waals surface area contributed by atoms with Gasteiger partial charge in [-0.05, 0) is 0 Å². The highest BCUT2D eigenvalue weighted by molar-refractivity contribution is 5.59. The number of ether oxygens (including phenoxy) is 1. The van der Waals surface area contributed by atoms with Gasteiger partial charge in [0.25, 0.3) is 0 Å². The molecule has 0 amide bonds. The van der Waals surface area contributed by atoms with Gasteiger partial charge in [0.2, 0.25) is 5.79 Å². The molecular formula is C11H15N5O4. The summed E-state index contributed by atoms with van der Waals surface area (Å²) in [5, 5.41) is 33.9. The molecule has 0 saturated carbocycles. The standard InChI is InChI=1S/C11H15N5O4/c1-5-8(18)6(3-17)20-11(5,19)7-2-13-10-9(12)14-4-15-16(7)10/h2,4-6,8,17-19H,3H2,1H3,(H2,12,14,15)/t5-,6+,8-,11?/m0/s1. The molecule has 9 heteroatoms. The molecule has 2 aromatic rings. The predicted molar refractivity (Wildman–Crippen MR) is 66.2 cm³/mol. The number of aliphatic hydroxyl groups excluding tert-OH is 2. The minimum atomic E-state index is -1.81. The Morgan fingerprint density at radius 3 is 2.90 bits per heavy atom. The van der Waals surface area contributed by atoms with Crippen LogP contribution in [-0.2, 0) is 10.5 Å². The van der Waals surface area contributed by atoms with Crippen molar-refractivity contribution in [2.45, 2.75) is 24.9 Å². The molecule has 0 aliphatic carbocycles. The van der Waals surface area contributed by atoms with Crippen LogP contribution in [0.25, 0.3) is 5.65 Å². The van der Waals surface area contributed by atoms with Gasteiger partial charge in [0, 0.05) is 5.92 Å².